The molecule has 2 rings (SSSR count). The van der Waals surface area contributed by atoms with Gasteiger partial charge < -0.3 is 11.1 Å². The monoisotopic (exact) mass is 261 g/mol. The summed E-state index contributed by atoms with van der Waals surface area (Å²) in [5, 5.41) is 3.12. The molecule has 104 valence electrons. The van der Waals surface area contributed by atoms with Crippen LogP contribution in [0.15, 0.2) is 12.3 Å². The Balaban J connectivity index is 2.08. The highest BCUT2D eigenvalue weighted by molar-refractivity contribution is 5.99. The van der Waals surface area contributed by atoms with Crippen LogP contribution < -0.4 is 11.1 Å². The smallest absolute Gasteiger partial charge is 0.255 e. The summed E-state index contributed by atoms with van der Waals surface area (Å²) in [6, 6.07) is 1.99. The Hall–Kier alpha value is -1.58. The number of pyridine rings is 1. The van der Waals surface area contributed by atoms with Gasteiger partial charge in [0.1, 0.15) is 0 Å². The van der Waals surface area contributed by atoms with Gasteiger partial charge in [-0.05, 0) is 31.2 Å². The van der Waals surface area contributed by atoms with Gasteiger partial charge in [-0.15, -0.1) is 0 Å². The van der Waals surface area contributed by atoms with E-state index in [4.69, 9.17) is 5.73 Å². The van der Waals surface area contributed by atoms with E-state index >= 15 is 0 Å². The highest BCUT2D eigenvalue weighted by Gasteiger charge is 2.28. The van der Waals surface area contributed by atoms with Gasteiger partial charge in [0.15, 0.2) is 0 Å². The largest absolute Gasteiger partial charge is 0.398 e. The number of rotatable bonds is 2. The number of aromatic nitrogens is 1. The van der Waals surface area contributed by atoms with E-state index in [1.54, 1.807) is 12.3 Å². The molecule has 0 bridgehead atoms. The van der Waals surface area contributed by atoms with Gasteiger partial charge in [-0.1, -0.05) is 26.7 Å². The van der Waals surface area contributed by atoms with E-state index in [-0.39, 0.29) is 11.9 Å². The fraction of sp³-hybridized carbons (Fsp3) is 0.600. The number of nitrogens with one attached hydrogen (secondary N) is 1. The lowest BCUT2D eigenvalue weighted by Crippen LogP contribution is -2.43. The third-order valence-corrected chi connectivity index (χ3v) is 4.34. The third kappa shape index (κ3) is 3.06. The third-order valence-electron chi connectivity index (χ3n) is 4.34. The number of amides is 1. The normalized spacial score (nSPS) is 27.0. The van der Waals surface area contributed by atoms with Gasteiger partial charge >= 0.3 is 0 Å². The predicted octanol–water partition coefficient (Wildman–Crippen LogP) is 2.53. The summed E-state index contributed by atoms with van der Waals surface area (Å²) in [7, 11) is 0. The average Bonchev–Trinajstić information content (AvgIpc) is 2.34. The van der Waals surface area contributed by atoms with Crippen molar-refractivity contribution < 1.29 is 4.79 Å². The molecule has 1 saturated carbocycles. The lowest BCUT2D eigenvalue weighted by molar-refractivity contribution is 0.0891. The number of hydrogen-bond donors (Lipinski definition) is 2. The maximum Gasteiger partial charge on any atom is 0.255 e. The van der Waals surface area contributed by atoms with E-state index in [0.29, 0.717) is 23.1 Å². The molecule has 1 aliphatic rings. The fourth-order valence-corrected chi connectivity index (χ4v) is 2.80. The number of carbonyl (C=O) groups excluding carboxylic acids is 1. The SMILES string of the molecule is Cc1cc(N)c(C(=O)NC2CCCC(C)C2C)cn1. The van der Waals surface area contributed by atoms with Gasteiger partial charge in [-0.2, -0.15) is 0 Å². The van der Waals surface area contributed by atoms with Crippen LogP contribution in [-0.4, -0.2) is 16.9 Å². The molecule has 0 saturated heterocycles. The van der Waals surface area contributed by atoms with Crippen LogP contribution in [-0.2, 0) is 0 Å². The van der Waals surface area contributed by atoms with E-state index in [1.807, 2.05) is 6.92 Å². The second-order valence-electron chi connectivity index (χ2n) is 5.76. The summed E-state index contributed by atoms with van der Waals surface area (Å²) in [5.41, 5.74) is 7.70. The van der Waals surface area contributed by atoms with Crippen LogP contribution in [0, 0.1) is 18.8 Å². The van der Waals surface area contributed by atoms with Gasteiger partial charge in [0.05, 0.1) is 5.56 Å². The molecule has 1 aromatic heterocycles. The van der Waals surface area contributed by atoms with Gasteiger partial charge in [-0.3, -0.25) is 9.78 Å². The first-order valence-corrected chi connectivity index (χ1v) is 7.02. The summed E-state index contributed by atoms with van der Waals surface area (Å²) < 4.78 is 0. The molecule has 1 amide bonds. The molecule has 1 fully saturated rings. The first-order valence-electron chi connectivity index (χ1n) is 7.02. The van der Waals surface area contributed by atoms with Crippen LogP contribution in [0.1, 0.15) is 49.2 Å². The van der Waals surface area contributed by atoms with Crippen LogP contribution in [0.5, 0.6) is 0 Å². The Labute approximate surface area is 114 Å². The molecule has 0 aromatic carbocycles. The van der Waals surface area contributed by atoms with Crippen molar-refractivity contribution in [3.63, 3.8) is 0 Å². The predicted molar refractivity (Wildman–Crippen MR) is 76.8 cm³/mol. The number of nitrogen functional groups attached to an aromatic ring is 1. The molecule has 0 radical (unpaired) electrons. The zero-order valence-electron chi connectivity index (χ0n) is 11.9. The molecule has 1 aromatic rings. The zero-order valence-corrected chi connectivity index (χ0v) is 11.9. The second kappa shape index (κ2) is 5.59. The Morgan fingerprint density at radius 1 is 1.42 bits per heavy atom. The van der Waals surface area contributed by atoms with E-state index in [0.717, 1.165) is 12.1 Å². The summed E-state index contributed by atoms with van der Waals surface area (Å²) in [5.74, 6) is 1.07. The Bertz CT molecular complexity index is 472. The first kappa shape index (κ1) is 13.8. The number of hydrogen-bond acceptors (Lipinski definition) is 3. The number of anilines is 1. The summed E-state index contributed by atoms with van der Waals surface area (Å²) in [6.07, 6.45) is 5.05. The highest BCUT2D eigenvalue weighted by atomic mass is 16.1. The summed E-state index contributed by atoms with van der Waals surface area (Å²) in [6.45, 7) is 6.33. The first-order chi connectivity index (χ1) is 8.99. The minimum atomic E-state index is -0.101. The van der Waals surface area contributed by atoms with Crippen molar-refractivity contribution in [2.24, 2.45) is 11.8 Å². The van der Waals surface area contributed by atoms with E-state index in [9.17, 15) is 4.79 Å². The van der Waals surface area contributed by atoms with Crippen molar-refractivity contribution in [2.75, 3.05) is 5.73 Å². The van der Waals surface area contributed by atoms with Crippen LogP contribution in [0.2, 0.25) is 0 Å². The molecule has 1 heterocycles. The standard InChI is InChI=1S/C15H23N3O/c1-9-5-4-6-14(11(9)3)18-15(19)12-8-17-10(2)7-13(12)16/h7-9,11,14H,4-6H2,1-3H3,(H2,16,17)(H,18,19). The van der Waals surface area contributed by atoms with Gasteiger partial charge in [-0.25, -0.2) is 0 Å². The average molecular weight is 261 g/mol. The summed E-state index contributed by atoms with van der Waals surface area (Å²) >= 11 is 0. The number of nitrogens with two attached hydrogens (primary N) is 1. The minimum absolute atomic E-state index is 0.101. The Morgan fingerprint density at radius 2 is 2.16 bits per heavy atom. The van der Waals surface area contributed by atoms with Gasteiger partial charge in [0.2, 0.25) is 0 Å². The van der Waals surface area contributed by atoms with Crippen molar-refractivity contribution in [1.29, 1.82) is 0 Å². The number of nitrogens with zero attached hydrogens (tertiary/aromatic N) is 1. The van der Waals surface area contributed by atoms with Crippen molar-refractivity contribution in [1.82, 2.24) is 10.3 Å². The molecule has 1 aliphatic carbocycles. The van der Waals surface area contributed by atoms with Crippen LogP contribution in [0.3, 0.4) is 0 Å². The quantitative estimate of drug-likeness (QED) is 0.859. The lowest BCUT2D eigenvalue weighted by Gasteiger charge is -2.34. The van der Waals surface area contributed by atoms with E-state index in [2.05, 4.69) is 24.1 Å². The second-order valence-corrected chi connectivity index (χ2v) is 5.76. The Kier molecular flexibility index (Phi) is 4.08. The molecule has 0 aliphatic heterocycles. The molecule has 4 heteroatoms. The molecule has 3 atom stereocenters. The van der Waals surface area contributed by atoms with Crippen LogP contribution in [0.4, 0.5) is 5.69 Å². The highest BCUT2D eigenvalue weighted by Crippen LogP contribution is 2.29. The van der Waals surface area contributed by atoms with Gasteiger partial charge in [0.25, 0.3) is 5.91 Å². The molecule has 0 spiro atoms. The fourth-order valence-electron chi connectivity index (χ4n) is 2.80. The molecule has 3 N–H and O–H groups in total. The minimum Gasteiger partial charge on any atom is -0.398 e. The molecule has 4 nitrogen and oxygen atoms in total. The maximum absolute atomic E-state index is 12.3. The number of carbonyl (C=O) groups is 1. The van der Waals surface area contributed by atoms with E-state index < -0.39 is 0 Å². The van der Waals surface area contributed by atoms with Crippen molar-refractivity contribution in [3.8, 4) is 0 Å². The molecular weight excluding hydrogens is 238 g/mol. The lowest BCUT2D eigenvalue weighted by atomic mass is 9.78. The molecule has 19 heavy (non-hydrogen) atoms. The topological polar surface area (TPSA) is 68.0 Å². The maximum atomic E-state index is 12.3. The van der Waals surface area contributed by atoms with Crippen LogP contribution >= 0.6 is 0 Å². The molecule has 3 unspecified atom stereocenters. The Morgan fingerprint density at radius 3 is 2.84 bits per heavy atom. The van der Waals surface area contributed by atoms with Gasteiger partial charge in [0, 0.05) is 23.6 Å². The summed E-state index contributed by atoms with van der Waals surface area (Å²) in [4.78, 5) is 16.4. The van der Waals surface area contributed by atoms with Crippen LogP contribution in [0.25, 0.3) is 0 Å². The van der Waals surface area contributed by atoms with E-state index in [1.165, 1.54) is 12.8 Å². The zero-order chi connectivity index (χ0) is 14.0. The van der Waals surface area contributed by atoms with Crippen molar-refractivity contribution in [3.05, 3.63) is 23.5 Å². The van der Waals surface area contributed by atoms with Crippen molar-refractivity contribution >= 4 is 11.6 Å². The number of aryl methyl sites for hydroxylation is 1. The van der Waals surface area contributed by atoms with Crippen molar-refractivity contribution in [2.45, 2.75) is 46.1 Å². The molecular formula is C15H23N3O.